The fourth-order valence-corrected chi connectivity index (χ4v) is 1.43. The molecule has 1 aliphatic heterocycles. The van der Waals surface area contributed by atoms with E-state index in [2.05, 4.69) is 12.2 Å². The minimum absolute atomic E-state index is 0. The number of hydrogen-bond donors (Lipinski definition) is 0. The van der Waals surface area contributed by atoms with Crippen molar-refractivity contribution in [2.75, 3.05) is 19.8 Å². The van der Waals surface area contributed by atoms with Gasteiger partial charge >= 0.3 is 0 Å². The third-order valence-electron chi connectivity index (χ3n) is 2.26. The van der Waals surface area contributed by atoms with Crippen LogP contribution in [0.5, 0.6) is 0 Å². The van der Waals surface area contributed by atoms with Crippen LogP contribution in [0.4, 0.5) is 0 Å². The van der Waals surface area contributed by atoms with Gasteiger partial charge < -0.3 is 14.8 Å². The number of carbonyl (C=O) groups is 1. The summed E-state index contributed by atoms with van der Waals surface area (Å²) in [6.45, 7) is 4.01. The fraction of sp³-hybridized carbons (Fsp3) is 0.900. The van der Waals surface area contributed by atoms with Crippen LogP contribution in [-0.4, -0.2) is 31.6 Å². The minimum atomic E-state index is -0.161. The van der Waals surface area contributed by atoms with Gasteiger partial charge in [-0.1, -0.05) is 25.8 Å². The monoisotopic (exact) mass is 325 g/mol. The van der Waals surface area contributed by atoms with Crippen molar-refractivity contribution in [3.63, 3.8) is 0 Å². The zero-order valence-electron chi connectivity index (χ0n) is 8.87. The summed E-state index contributed by atoms with van der Waals surface area (Å²) < 4.78 is 5.19. The van der Waals surface area contributed by atoms with Crippen molar-refractivity contribution in [3.05, 3.63) is 5.32 Å². The Morgan fingerprint density at radius 2 is 2.29 bits per heavy atom. The Bertz CT molecular complexity index is 158. The number of ketones is 1. The van der Waals surface area contributed by atoms with Crippen molar-refractivity contribution >= 4 is 5.78 Å². The molecule has 0 N–H and O–H groups in total. The Morgan fingerprint density at radius 1 is 1.50 bits per heavy atom. The van der Waals surface area contributed by atoms with Crippen molar-refractivity contribution in [1.82, 2.24) is 0 Å². The van der Waals surface area contributed by atoms with Crippen LogP contribution in [0.1, 0.15) is 32.6 Å². The third kappa shape index (κ3) is 5.74. The topological polar surface area (TPSA) is 40.4 Å². The van der Waals surface area contributed by atoms with Crippen LogP contribution in [0.15, 0.2) is 0 Å². The summed E-state index contributed by atoms with van der Waals surface area (Å²) in [6.07, 6.45) is 3.97. The summed E-state index contributed by atoms with van der Waals surface area (Å²) in [6, 6.07) is -0.161. The van der Waals surface area contributed by atoms with Crippen LogP contribution in [0.3, 0.4) is 0 Å². The van der Waals surface area contributed by atoms with Crippen molar-refractivity contribution in [2.45, 2.75) is 38.6 Å². The van der Waals surface area contributed by atoms with Gasteiger partial charge in [-0.2, -0.15) is 0 Å². The number of unbranched alkanes of at least 4 members (excludes halogenated alkanes) is 2. The number of hydrogen-bond acceptors (Lipinski definition) is 2. The first kappa shape index (κ1) is 15.0. The van der Waals surface area contributed by atoms with Gasteiger partial charge in [-0.3, -0.25) is 0 Å². The van der Waals surface area contributed by atoms with Gasteiger partial charge in [-0.15, -0.1) is 6.54 Å². The average Bonchev–Trinajstić information content (AvgIpc) is 2.19. The Kier molecular flexibility index (Phi) is 9.83. The Morgan fingerprint density at radius 3 is 2.86 bits per heavy atom. The molecule has 0 amide bonds. The first-order chi connectivity index (χ1) is 6.34. The first-order valence-electron chi connectivity index (χ1n) is 5.11. The molecule has 4 heteroatoms. The summed E-state index contributed by atoms with van der Waals surface area (Å²) in [4.78, 5) is 11.5. The molecule has 0 bridgehead atoms. The zero-order chi connectivity index (χ0) is 9.52. The molecule has 1 aliphatic rings. The van der Waals surface area contributed by atoms with Gasteiger partial charge in [-0.05, 0) is 6.42 Å². The van der Waals surface area contributed by atoms with Crippen LogP contribution in [-0.2, 0) is 9.53 Å². The first-order valence-corrected chi connectivity index (χ1v) is 5.11. The van der Waals surface area contributed by atoms with E-state index in [-0.39, 0.29) is 53.1 Å². The van der Waals surface area contributed by atoms with Crippen LogP contribution < -0.4 is 0 Å². The normalized spacial score (nSPS) is 21.4. The smallest absolute Gasteiger partial charge is 0.117 e. The van der Waals surface area contributed by atoms with Gasteiger partial charge in [0.1, 0.15) is 5.78 Å². The molecule has 0 saturated carbocycles. The maximum absolute atomic E-state index is 11.5. The quantitative estimate of drug-likeness (QED) is 0.725. The molecule has 1 atom stereocenters. The molecule has 1 heterocycles. The van der Waals surface area contributed by atoms with E-state index >= 15 is 0 Å². The molecule has 0 aromatic carbocycles. The molecule has 0 spiro atoms. The standard InChI is InChI=1S/C10H18NO2.Pr/c1-2-3-4-5-10(12)9-8-13-7-6-11-9;/h9H,2-8H2,1H3;/q-1;/t9-;/m0./s1. The molecule has 1 rings (SSSR count). The molecule has 3 nitrogen and oxygen atoms in total. The van der Waals surface area contributed by atoms with Gasteiger partial charge in [0.15, 0.2) is 0 Å². The molecule has 0 aromatic rings. The number of nitrogens with zero attached hydrogens (tertiary/aromatic N) is 1. The Balaban J connectivity index is 0.00000169. The van der Waals surface area contributed by atoms with Crippen LogP contribution >= 0.6 is 0 Å². The van der Waals surface area contributed by atoms with E-state index in [1.54, 1.807) is 0 Å². The molecular weight excluding hydrogens is 307 g/mol. The van der Waals surface area contributed by atoms with Gasteiger partial charge in [0.2, 0.25) is 0 Å². The number of ether oxygens (including phenoxy) is 1. The molecule has 1 saturated heterocycles. The largest absolute Gasteiger partial charge is 0.650 e. The van der Waals surface area contributed by atoms with Gasteiger partial charge in [0.05, 0.1) is 0 Å². The molecule has 0 aliphatic carbocycles. The summed E-state index contributed by atoms with van der Waals surface area (Å²) in [5.41, 5.74) is 0. The predicted octanol–water partition coefficient (Wildman–Crippen LogP) is 1.91. The second kappa shape index (κ2) is 9.20. The molecule has 1 radical (unpaired) electrons. The van der Waals surface area contributed by atoms with E-state index in [1.165, 1.54) is 0 Å². The van der Waals surface area contributed by atoms with E-state index < -0.39 is 0 Å². The van der Waals surface area contributed by atoms with Crippen molar-refractivity contribution < 1.29 is 50.8 Å². The van der Waals surface area contributed by atoms with Crippen LogP contribution in [0.2, 0.25) is 0 Å². The van der Waals surface area contributed by atoms with E-state index in [1.807, 2.05) is 0 Å². The Labute approximate surface area is 119 Å². The minimum Gasteiger partial charge on any atom is -0.650 e. The molecule has 0 unspecified atom stereocenters. The summed E-state index contributed by atoms with van der Waals surface area (Å²) in [5.74, 6) is 0.258. The Hall–Kier alpha value is 0.954. The summed E-state index contributed by atoms with van der Waals surface area (Å²) in [7, 11) is 0. The van der Waals surface area contributed by atoms with Gasteiger partial charge in [0.25, 0.3) is 0 Å². The summed E-state index contributed by atoms with van der Waals surface area (Å²) in [5, 5.41) is 4.23. The van der Waals surface area contributed by atoms with Crippen molar-refractivity contribution in [2.24, 2.45) is 0 Å². The fourth-order valence-electron chi connectivity index (χ4n) is 1.43. The third-order valence-corrected chi connectivity index (χ3v) is 2.26. The number of Topliss-reactive ketones (excluding diaryl/α,β-unsaturated/α-hetero) is 1. The van der Waals surface area contributed by atoms with E-state index in [0.717, 1.165) is 19.3 Å². The molecular formula is C10H18NO2Pr-. The van der Waals surface area contributed by atoms with E-state index in [0.29, 0.717) is 26.2 Å². The van der Waals surface area contributed by atoms with Gasteiger partial charge in [-0.25, -0.2) is 0 Å². The van der Waals surface area contributed by atoms with Crippen LogP contribution in [0, 0.1) is 41.3 Å². The average molecular weight is 325 g/mol. The molecule has 14 heavy (non-hydrogen) atoms. The maximum atomic E-state index is 11.5. The molecule has 1 fully saturated rings. The molecule has 0 aromatic heterocycles. The second-order valence-corrected chi connectivity index (χ2v) is 3.42. The number of morpholine rings is 1. The number of carbonyl (C=O) groups excluding carboxylic acids is 1. The van der Waals surface area contributed by atoms with Crippen LogP contribution in [0.25, 0.3) is 5.32 Å². The van der Waals surface area contributed by atoms with E-state index in [4.69, 9.17) is 4.74 Å². The number of rotatable bonds is 5. The predicted molar refractivity (Wildman–Crippen MR) is 52.0 cm³/mol. The van der Waals surface area contributed by atoms with Gasteiger partial charge in [0, 0.05) is 60.9 Å². The summed E-state index contributed by atoms with van der Waals surface area (Å²) >= 11 is 0. The maximum Gasteiger partial charge on any atom is 0.117 e. The second-order valence-electron chi connectivity index (χ2n) is 3.42. The van der Waals surface area contributed by atoms with E-state index in [9.17, 15) is 4.79 Å². The van der Waals surface area contributed by atoms with Crippen molar-refractivity contribution in [1.29, 1.82) is 0 Å². The SMILES string of the molecule is CCCCCC(=O)[C@@H]1COCC[N-]1.[Pr]. The zero-order valence-corrected chi connectivity index (χ0v) is 12.6. The molecule has 79 valence electrons. The van der Waals surface area contributed by atoms with Crippen molar-refractivity contribution in [3.8, 4) is 0 Å².